The Morgan fingerprint density at radius 3 is 2.87 bits per heavy atom. The summed E-state index contributed by atoms with van der Waals surface area (Å²) < 4.78 is 1.42. The molecule has 2 rings (SSSR count). The Balaban J connectivity index is 2.57. The van der Waals surface area contributed by atoms with Crippen molar-refractivity contribution in [2.75, 3.05) is 0 Å². The molecule has 0 radical (unpaired) electrons. The van der Waals surface area contributed by atoms with E-state index in [0.717, 1.165) is 11.0 Å². The topological polar surface area (TPSA) is 47.8 Å². The lowest BCUT2D eigenvalue weighted by molar-refractivity contribution is -0.109. The van der Waals surface area contributed by atoms with Crippen molar-refractivity contribution in [3.8, 4) is 0 Å². The van der Waals surface area contributed by atoms with Crippen LogP contribution in [0, 0.1) is 0 Å². The van der Waals surface area contributed by atoms with Gasteiger partial charge < -0.3 is 0 Å². The second kappa shape index (κ2) is 3.49. The summed E-state index contributed by atoms with van der Waals surface area (Å²) in [5.41, 5.74) is 1.74. The summed E-state index contributed by atoms with van der Waals surface area (Å²) in [6, 6.07) is 7.37. The van der Waals surface area contributed by atoms with Gasteiger partial charge in [0.1, 0.15) is 11.2 Å². The molecule has 15 heavy (non-hydrogen) atoms. The van der Waals surface area contributed by atoms with Gasteiger partial charge in [0.2, 0.25) is 5.78 Å². The van der Waals surface area contributed by atoms with E-state index in [-0.39, 0.29) is 11.5 Å². The van der Waals surface area contributed by atoms with Crippen molar-refractivity contribution < 1.29 is 4.79 Å². The maximum absolute atomic E-state index is 11.3. The Kier molecular flexibility index (Phi) is 2.17. The van der Waals surface area contributed by atoms with E-state index in [0.29, 0.717) is 0 Å². The first-order valence-corrected chi connectivity index (χ1v) is 4.40. The van der Waals surface area contributed by atoms with E-state index in [1.54, 1.807) is 0 Å². The summed E-state index contributed by atoms with van der Waals surface area (Å²) in [6.45, 7) is 7.06. The molecule has 2 aromatic rings. The highest BCUT2D eigenvalue weighted by molar-refractivity contribution is 6.20. The van der Waals surface area contributed by atoms with Crippen molar-refractivity contribution >= 4 is 22.5 Å². The zero-order chi connectivity index (χ0) is 10.8. The van der Waals surface area contributed by atoms with Gasteiger partial charge in [-0.2, -0.15) is 0 Å². The second-order valence-electron chi connectivity index (χ2n) is 3.01. The Hall–Kier alpha value is -2.23. The number of nitrogens with zero attached hydrogens (tertiary/aromatic N) is 3. The number of ketones is 1. The summed E-state index contributed by atoms with van der Waals surface area (Å²) >= 11 is 0. The average Bonchev–Trinajstić information content (AvgIpc) is 2.70. The summed E-state index contributed by atoms with van der Waals surface area (Å²) in [6.07, 6.45) is 1.21. The number of allylic oxidation sites excluding steroid dienone is 2. The van der Waals surface area contributed by atoms with Gasteiger partial charge in [0, 0.05) is 0 Å². The van der Waals surface area contributed by atoms with Crippen molar-refractivity contribution in [3.63, 3.8) is 0 Å². The Morgan fingerprint density at radius 2 is 2.13 bits per heavy atom. The Bertz CT molecular complexity index is 554. The predicted molar refractivity (Wildman–Crippen MR) is 58.1 cm³/mol. The monoisotopic (exact) mass is 199 g/mol. The third kappa shape index (κ3) is 1.46. The molecule has 0 spiro atoms. The van der Waals surface area contributed by atoms with Crippen LogP contribution < -0.4 is 0 Å². The quantitative estimate of drug-likeness (QED) is 0.706. The van der Waals surface area contributed by atoms with Gasteiger partial charge in [-0.15, -0.1) is 5.10 Å². The summed E-state index contributed by atoms with van der Waals surface area (Å²) in [7, 11) is 0. The third-order valence-electron chi connectivity index (χ3n) is 2.08. The SMILES string of the molecule is C=CC(=O)C(=C)n1nnc2ccccc21. The number of benzene rings is 1. The van der Waals surface area contributed by atoms with Gasteiger partial charge in [0.15, 0.2) is 0 Å². The molecular formula is C11H9N3O. The number of carbonyl (C=O) groups is 1. The van der Waals surface area contributed by atoms with Crippen LogP contribution >= 0.6 is 0 Å². The molecule has 0 fully saturated rings. The van der Waals surface area contributed by atoms with Crippen molar-refractivity contribution in [2.24, 2.45) is 0 Å². The number of hydrogen-bond donors (Lipinski definition) is 0. The molecule has 0 N–H and O–H groups in total. The second-order valence-corrected chi connectivity index (χ2v) is 3.01. The van der Waals surface area contributed by atoms with Crippen LogP contribution in [0.1, 0.15) is 0 Å². The molecule has 0 saturated heterocycles. The van der Waals surface area contributed by atoms with Crippen LogP contribution in [-0.4, -0.2) is 20.8 Å². The van der Waals surface area contributed by atoms with Gasteiger partial charge in [-0.3, -0.25) is 4.79 Å². The maximum atomic E-state index is 11.3. The normalized spacial score (nSPS) is 10.1. The van der Waals surface area contributed by atoms with Crippen LogP contribution in [0.15, 0.2) is 43.5 Å². The zero-order valence-corrected chi connectivity index (χ0v) is 8.05. The van der Waals surface area contributed by atoms with Crippen LogP contribution in [0.25, 0.3) is 16.7 Å². The molecule has 0 aliphatic rings. The Labute approximate surface area is 86.5 Å². The number of fused-ring (bicyclic) bond motifs is 1. The summed E-state index contributed by atoms with van der Waals surface area (Å²) in [4.78, 5) is 11.3. The lowest BCUT2D eigenvalue weighted by Gasteiger charge is -2.00. The zero-order valence-electron chi connectivity index (χ0n) is 8.05. The number of aromatic nitrogens is 3. The van der Waals surface area contributed by atoms with E-state index in [4.69, 9.17) is 0 Å². The van der Waals surface area contributed by atoms with E-state index in [9.17, 15) is 4.79 Å². The number of rotatable bonds is 3. The smallest absolute Gasteiger partial charge is 0.203 e. The van der Waals surface area contributed by atoms with Crippen molar-refractivity contribution in [1.29, 1.82) is 0 Å². The first-order chi connectivity index (χ1) is 7.24. The lowest BCUT2D eigenvalue weighted by Crippen LogP contribution is -2.06. The minimum Gasteiger partial charge on any atom is -0.288 e. The fourth-order valence-corrected chi connectivity index (χ4v) is 1.29. The first-order valence-electron chi connectivity index (χ1n) is 4.40. The molecule has 4 nitrogen and oxygen atoms in total. The van der Waals surface area contributed by atoms with E-state index in [2.05, 4.69) is 23.5 Å². The number of hydrogen-bond acceptors (Lipinski definition) is 3. The molecule has 0 aliphatic heterocycles. The summed E-state index contributed by atoms with van der Waals surface area (Å²) in [5.74, 6) is -0.259. The first kappa shape index (κ1) is 9.33. The predicted octanol–water partition coefficient (Wildman–Crippen LogP) is 1.66. The van der Waals surface area contributed by atoms with Gasteiger partial charge in [-0.05, 0) is 18.2 Å². The van der Waals surface area contributed by atoms with E-state index in [1.807, 2.05) is 24.3 Å². The molecule has 0 unspecified atom stereocenters. The number of carbonyl (C=O) groups excluding carboxylic acids is 1. The van der Waals surface area contributed by atoms with Crippen molar-refractivity contribution in [1.82, 2.24) is 15.0 Å². The molecule has 0 amide bonds. The van der Waals surface area contributed by atoms with Crippen molar-refractivity contribution in [3.05, 3.63) is 43.5 Å². The van der Waals surface area contributed by atoms with Crippen LogP contribution in [0.5, 0.6) is 0 Å². The molecule has 4 heteroatoms. The van der Waals surface area contributed by atoms with Crippen molar-refractivity contribution in [2.45, 2.75) is 0 Å². The lowest BCUT2D eigenvalue weighted by atomic mass is 10.3. The van der Waals surface area contributed by atoms with Gasteiger partial charge >= 0.3 is 0 Å². The van der Waals surface area contributed by atoms with Gasteiger partial charge in [0.05, 0.1) is 5.52 Å². The number of para-hydroxylation sites is 1. The van der Waals surface area contributed by atoms with Crippen LogP contribution in [-0.2, 0) is 4.79 Å². The molecule has 1 aromatic heterocycles. The van der Waals surface area contributed by atoms with Crippen LogP contribution in [0.3, 0.4) is 0 Å². The van der Waals surface area contributed by atoms with Gasteiger partial charge in [-0.25, -0.2) is 4.68 Å². The van der Waals surface area contributed by atoms with Crippen LogP contribution in [0.2, 0.25) is 0 Å². The van der Waals surface area contributed by atoms with E-state index >= 15 is 0 Å². The third-order valence-corrected chi connectivity index (χ3v) is 2.08. The molecule has 0 aliphatic carbocycles. The highest BCUT2D eigenvalue weighted by Crippen LogP contribution is 2.14. The molecule has 0 atom stereocenters. The van der Waals surface area contributed by atoms with Crippen LogP contribution in [0.4, 0.5) is 0 Å². The van der Waals surface area contributed by atoms with E-state index < -0.39 is 0 Å². The summed E-state index contributed by atoms with van der Waals surface area (Å²) in [5, 5.41) is 7.78. The molecule has 1 heterocycles. The van der Waals surface area contributed by atoms with Gasteiger partial charge in [0.25, 0.3) is 0 Å². The van der Waals surface area contributed by atoms with Gasteiger partial charge in [-0.1, -0.05) is 30.5 Å². The standard InChI is InChI=1S/C11H9N3O/c1-3-11(15)8(2)14-10-7-5-4-6-9(10)12-13-14/h3-7H,1-2H2. The maximum Gasteiger partial charge on any atom is 0.203 e. The molecular weight excluding hydrogens is 190 g/mol. The fraction of sp³-hybridized carbons (Fsp3) is 0. The molecule has 74 valence electrons. The average molecular weight is 199 g/mol. The largest absolute Gasteiger partial charge is 0.288 e. The van der Waals surface area contributed by atoms with E-state index in [1.165, 1.54) is 10.8 Å². The minimum atomic E-state index is -0.259. The molecule has 0 bridgehead atoms. The minimum absolute atomic E-state index is 0.249. The highest BCUT2D eigenvalue weighted by atomic mass is 16.1. The molecule has 0 saturated carbocycles. The highest BCUT2D eigenvalue weighted by Gasteiger charge is 2.10. The Morgan fingerprint density at radius 1 is 1.40 bits per heavy atom. The fourth-order valence-electron chi connectivity index (χ4n) is 1.29. The molecule has 1 aromatic carbocycles.